The molecule has 1 aromatic heterocycles. The number of anilines is 1. The molecule has 0 atom stereocenters. The normalized spacial score (nSPS) is 10.4. The number of ether oxygens (including phenoxy) is 1. The Kier molecular flexibility index (Phi) is 4.55. The van der Waals surface area contributed by atoms with E-state index in [4.69, 9.17) is 10.5 Å². The average molecular weight is 341 g/mol. The number of Topliss-reactive ketones (excluding diaryl/α,β-unsaturated/α-hetero) is 1. The number of carbonyl (C=O) groups is 1. The quantitative estimate of drug-likeness (QED) is 0.908. The summed E-state index contributed by atoms with van der Waals surface area (Å²) >= 11 is 4.78. The summed E-state index contributed by atoms with van der Waals surface area (Å²) in [5.74, 6) is 0.836. The maximum atomic E-state index is 12.0. The summed E-state index contributed by atoms with van der Waals surface area (Å²) in [6.07, 6.45) is 0.645. The van der Waals surface area contributed by atoms with Gasteiger partial charge >= 0.3 is 0 Å². The molecule has 2 rings (SSSR count). The molecule has 0 aliphatic rings. The maximum Gasteiger partial charge on any atom is 0.180 e. The highest BCUT2D eigenvalue weighted by Crippen LogP contribution is 2.23. The third-order valence-electron chi connectivity index (χ3n) is 2.59. The Labute approximate surface area is 123 Å². The van der Waals surface area contributed by atoms with Gasteiger partial charge in [0.2, 0.25) is 0 Å². The minimum absolute atomic E-state index is 0.0965. The number of methoxy groups -OCH3 is 1. The van der Waals surface area contributed by atoms with Gasteiger partial charge in [0, 0.05) is 22.7 Å². The number of nitrogens with zero attached hydrogens (tertiary/aromatic N) is 1. The van der Waals surface area contributed by atoms with Crippen molar-refractivity contribution in [3.63, 3.8) is 0 Å². The Morgan fingerprint density at radius 3 is 2.89 bits per heavy atom. The van der Waals surface area contributed by atoms with Gasteiger partial charge in [-0.1, -0.05) is 15.9 Å². The molecule has 4 nitrogen and oxygen atoms in total. The van der Waals surface area contributed by atoms with E-state index in [0.717, 1.165) is 21.5 Å². The first-order valence-corrected chi connectivity index (χ1v) is 7.29. The van der Waals surface area contributed by atoms with Crippen molar-refractivity contribution in [3.8, 4) is 5.75 Å². The molecule has 1 heterocycles. The number of rotatable bonds is 5. The Bertz CT molecular complexity index is 598. The lowest BCUT2D eigenvalue weighted by molar-refractivity contribution is -0.117. The lowest BCUT2D eigenvalue weighted by Gasteiger charge is -2.06. The van der Waals surface area contributed by atoms with Gasteiger partial charge in [-0.3, -0.25) is 4.79 Å². The van der Waals surface area contributed by atoms with Crippen molar-refractivity contribution in [2.75, 3.05) is 12.8 Å². The van der Waals surface area contributed by atoms with Crippen LogP contribution in [0.5, 0.6) is 5.75 Å². The summed E-state index contributed by atoms with van der Waals surface area (Å²) in [6.45, 7) is 0. The minimum Gasteiger partial charge on any atom is -0.497 e. The van der Waals surface area contributed by atoms with Crippen LogP contribution in [-0.2, 0) is 17.6 Å². The molecular formula is C13H13BrN2O2S. The number of nitrogens with two attached hydrogens (primary N) is 1. The first-order valence-electron chi connectivity index (χ1n) is 5.62. The van der Waals surface area contributed by atoms with E-state index in [0.29, 0.717) is 18.0 Å². The standard InChI is InChI=1S/C13H13BrN2O2S/c1-18-11-2-3-12(14)8(5-11)4-10(17)6-9-7-19-13(15)16-9/h2-3,5,7H,4,6H2,1H3,(H2,15,16). The van der Waals surface area contributed by atoms with Crippen molar-refractivity contribution >= 4 is 38.2 Å². The minimum atomic E-state index is 0.0965. The van der Waals surface area contributed by atoms with Crippen molar-refractivity contribution in [2.45, 2.75) is 12.8 Å². The molecule has 0 spiro atoms. The van der Waals surface area contributed by atoms with E-state index in [1.54, 1.807) is 7.11 Å². The number of aromatic nitrogens is 1. The number of halogens is 1. The summed E-state index contributed by atoms with van der Waals surface area (Å²) in [6, 6.07) is 5.58. The van der Waals surface area contributed by atoms with Crippen molar-refractivity contribution in [3.05, 3.63) is 39.3 Å². The molecule has 2 aromatic rings. The van der Waals surface area contributed by atoms with Gasteiger partial charge < -0.3 is 10.5 Å². The zero-order valence-electron chi connectivity index (χ0n) is 10.4. The van der Waals surface area contributed by atoms with Gasteiger partial charge in [0.15, 0.2) is 5.13 Å². The van der Waals surface area contributed by atoms with Crippen LogP contribution in [0, 0.1) is 0 Å². The van der Waals surface area contributed by atoms with Crippen LogP contribution in [0.2, 0.25) is 0 Å². The summed E-state index contributed by atoms with van der Waals surface area (Å²) in [7, 11) is 1.60. The lowest BCUT2D eigenvalue weighted by Crippen LogP contribution is -2.07. The van der Waals surface area contributed by atoms with E-state index in [9.17, 15) is 4.79 Å². The zero-order valence-corrected chi connectivity index (χ0v) is 12.8. The van der Waals surface area contributed by atoms with Crippen LogP contribution in [0.3, 0.4) is 0 Å². The SMILES string of the molecule is COc1ccc(Br)c(CC(=O)Cc2csc(N)n2)c1. The second kappa shape index (κ2) is 6.16. The van der Waals surface area contributed by atoms with E-state index in [2.05, 4.69) is 20.9 Å². The van der Waals surface area contributed by atoms with Gasteiger partial charge in [0.25, 0.3) is 0 Å². The fourth-order valence-electron chi connectivity index (χ4n) is 1.69. The molecule has 0 amide bonds. The zero-order chi connectivity index (χ0) is 13.8. The van der Waals surface area contributed by atoms with Crippen molar-refractivity contribution < 1.29 is 9.53 Å². The van der Waals surface area contributed by atoms with Crippen LogP contribution in [0.4, 0.5) is 5.13 Å². The number of carbonyl (C=O) groups excluding carboxylic acids is 1. The molecule has 2 N–H and O–H groups in total. The predicted molar refractivity (Wildman–Crippen MR) is 79.6 cm³/mol. The summed E-state index contributed by atoms with van der Waals surface area (Å²) < 4.78 is 6.06. The smallest absolute Gasteiger partial charge is 0.180 e. The van der Waals surface area contributed by atoms with E-state index >= 15 is 0 Å². The highest BCUT2D eigenvalue weighted by molar-refractivity contribution is 9.10. The first-order chi connectivity index (χ1) is 9.08. The first kappa shape index (κ1) is 14.0. The number of ketones is 1. The van der Waals surface area contributed by atoms with Gasteiger partial charge in [-0.2, -0.15) is 0 Å². The highest BCUT2D eigenvalue weighted by atomic mass is 79.9. The fraction of sp³-hybridized carbons (Fsp3) is 0.231. The van der Waals surface area contributed by atoms with Gasteiger partial charge in [-0.25, -0.2) is 4.98 Å². The monoisotopic (exact) mass is 340 g/mol. The summed E-state index contributed by atoms with van der Waals surface area (Å²) in [5, 5.41) is 2.30. The molecule has 0 saturated heterocycles. The third-order valence-corrected chi connectivity index (χ3v) is 4.08. The van der Waals surface area contributed by atoms with Crippen LogP contribution in [-0.4, -0.2) is 17.9 Å². The molecule has 1 aromatic carbocycles. The second-order valence-corrected chi connectivity index (χ2v) is 5.77. The Hall–Kier alpha value is -1.40. The Morgan fingerprint density at radius 1 is 1.47 bits per heavy atom. The number of benzene rings is 1. The van der Waals surface area contributed by atoms with Gasteiger partial charge in [-0.15, -0.1) is 11.3 Å². The molecule has 0 fully saturated rings. The molecule has 0 saturated carbocycles. The van der Waals surface area contributed by atoms with Crippen molar-refractivity contribution in [1.82, 2.24) is 4.98 Å². The third kappa shape index (κ3) is 3.78. The van der Waals surface area contributed by atoms with Crippen molar-refractivity contribution in [1.29, 1.82) is 0 Å². The topological polar surface area (TPSA) is 65.2 Å². The molecule has 0 radical (unpaired) electrons. The van der Waals surface area contributed by atoms with E-state index in [-0.39, 0.29) is 5.78 Å². The largest absolute Gasteiger partial charge is 0.497 e. The molecule has 100 valence electrons. The molecule has 0 unspecified atom stereocenters. The van der Waals surface area contributed by atoms with E-state index in [1.807, 2.05) is 23.6 Å². The predicted octanol–water partition coefficient (Wildman–Crippen LogP) is 2.85. The number of hydrogen-bond acceptors (Lipinski definition) is 5. The van der Waals surface area contributed by atoms with Gasteiger partial charge in [0.1, 0.15) is 11.5 Å². The number of hydrogen-bond donors (Lipinski definition) is 1. The van der Waals surface area contributed by atoms with Crippen molar-refractivity contribution in [2.24, 2.45) is 0 Å². The van der Waals surface area contributed by atoms with Crippen LogP contribution in [0.1, 0.15) is 11.3 Å². The molecule has 0 aliphatic carbocycles. The molecule has 19 heavy (non-hydrogen) atoms. The van der Waals surface area contributed by atoms with E-state index < -0.39 is 0 Å². The fourth-order valence-corrected chi connectivity index (χ4v) is 2.64. The van der Waals surface area contributed by atoms with Crippen LogP contribution < -0.4 is 10.5 Å². The van der Waals surface area contributed by atoms with Gasteiger partial charge in [-0.05, 0) is 23.8 Å². The van der Waals surface area contributed by atoms with Gasteiger partial charge in [0.05, 0.1) is 12.8 Å². The summed E-state index contributed by atoms with van der Waals surface area (Å²) in [5.41, 5.74) is 7.18. The molecular weight excluding hydrogens is 328 g/mol. The number of nitrogen functional groups attached to an aromatic ring is 1. The van der Waals surface area contributed by atoms with E-state index in [1.165, 1.54) is 11.3 Å². The Morgan fingerprint density at radius 2 is 2.26 bits per heavy atom. The Balaban J connectivity index is 2.06. The van der Waals surface area contributed by atoms with Crippen LogP contribution in [0.25, 0.3) is 0 Å². The molecule has 6 heteroatoms. The number of thiazole rings is 1. The average Bonchev–Trinajstić information content (AvgIpc) is 2.77. The second-order valence-electron chi connectivity index (χ2n) is 4.03. The molecule has 0 aliphatic heterocycles. The highest BCUT2D eigenvalue weighted by Gasteiger charge is 2.11. The maximum absolute atomic E-state index is 12.0. The molecule has 0 bridgehead atoms. The summed E-state index contributed by atoms with van der Waals surface area (Å²) in [4.78, 5) is 16.1. The van der Waals surface area contributed by atoms with Crippen LogP contribution in [0.15, 0.2) is 28.1 Å². The van der Waals surface area contributed by atoms with Crippen LogP contribution >= 0.6 is 27.3 Å². The lowest BCUT2D eigenvalue weighted by atomic mass is 10.1.